The van der Waals surface area contributed by atoms with Crippen LogP contribution in [0, 0.1) is 0 Å². The van der Waals surface area contributed by atoms with Crippen LogP contribution in [0.4, 0.5) is 0 Å². The summed E-state index contributed by atoms with van der Waals surface area (Å²) in [4.78, 5) is 16.2. The standard InChI is InChI=1S/C25H23N3O2/c1-30-24-13-11-16-6-2-3-7-18(16)21(24)15-26-28-25(29)17-10-12-23-20(14-17)19-8-4-5-9-22(19)27-23/h2-3,6-7,10-15,27H,4-5,8-9H2,1H3,(H,28,29)/b26-15-. The summed E-state index contributed by atoms with van der Waals surface area (Å²) in [6.07, 6.45) is 6.23. The number of aromatic amines is 1. The number of hydrogen-bond acceptors (Lipinski definition) is 3. The number of H-pyrrole nitrogens is 1. The van der Waals surface area contributed by atoms with Crippen LogP contribution in [0.15, 0.2) is 59.7 Å². The zero-order chi connectivity index (χ0) is 20.5. The first-order valence-corrected chi connectivity index (χ1v) is 10.3. The Bertz CT molecular complexity index is 1290. The Morgan fingerprint density at radius 2 is 1.93 bits per heavy atom. The van der Waals surface area contributed by atoms with E-state index in [9.17, 15) is 4.79 Å². The number of hydrazone groups is 1. The highest BCUT2D eigenvalue weighted by atomic mass is 16.5. The Kier molecular flexibility index (Phi) is 4.71. The number of nitrogens with zero attached hydrogens (tertiary/aromatic N) is 1. The Morgan fingerprint density at radius 3 is 2.83 bits per heavy atom. The number of amides is 1. The van der Waals surface area contributed by atoms with Crippen molar-refractivity contribution >= 4 is 33.8 Å². The number of nitrogens with one attached hydrogen (secondary N) is 2. The van der Waals surface area contributed by atoms with Crippen LogP contribution in [0.2, 0.25) is 0 Å². The molecule has 1 aliphatic rings. The van der Waals surface area contributed by atoms with Gasteiger partial charge >= 0.3 is 0 Å². The van der Waals surface area contributed by atoms with E-state index in [0.29, 0.717) is 11.3 Å². The molecule has 0 fully saturated rings. The van der Waals surface area contributed by atoms with E-state index in [4.69, 9.17) is 4.74 Å². The molecule has 0 unspecified atom stereocenters. The summed E-state index contributed by atoms with van der Waals surface area (Å²) in [7, 11) is 1.63. The van der Waals surface area contributed by atoms with Crippen LogP contribution in [-0.2, 0) is 12.8 Å². The second kappa shape index (κ2) is 7.67. The minimum Gasteiger partial charge on any atom is -0.496 e. The average molecular weight is 397 g/mol. The maximum Gasteiger partial charge on any atom is 0.271 e. The highest BCUT2D eigenvalue weighted by Crippen LogP contribution is 2.30. The molecule has 0 saturated carbocycles. The SMILES string of the molecule is COc1ccc2ccccc2c1/C=N\NC(=O)c1ccc2[nH]c3c(c2c1)CCCC3. The third-order valence-corrected chi connectivity index (χ3v) is 5.87. The van der Waals surface area contributed by atoms with Crippen LogP contribution in [-0.4, -0.2) is 24.2 Å². The van der Waals surface area contributed by atoms with Crippen molar-refractivity contribution in [2.45, 2.75) is 25.7 Å². The second-order valence-corrected chi connectivity index (χ2v) is 7.65. The second-order valence-electron chi connectivity index (χ2n) is 7.65. The predicted molar refractivity (Wildman–Crippen MR) is 121 cm³/mol. The van der Waals surface area contributed by atoms with Gasteiger partial charge in [0.2, 0.25) is 0 Å². The van der Waals surface area contributed by atoms with E-state index in [1.807, 2.05) is 54.6 Å². The highest BCUT2D eigenvalue weighted by molar-refractivity contribution is 6.03. The molecule has 150 valence electrons. The fourth-order valence-corrected chi connectivity index (χ4v) is 4.35. The van der Waals surface area contributed by atoms with E-state index in [-0.39, 0.29) is 5.91 Å². The number of methoxy groups -OCH3 is 1. The van der Waals surface area contributed by atoms with Gasteiger partial charge < -0.3 is 9.72 Å². The average Bonchev–Trinajstić information content (AvgIpc) is 3.17. The van der Waals surface area contributed by atoms with Crippen molar-refractivity contribution in [3.8, 4) is 5.75 Å². The van der Waals surface area contributed by atoms with E-state index >= 15 is 0 Å². The van der Waals surface area contributed by atoms with Crippen molar-refractivity contribution in [1.29, 1.82) is 0 Å². The fraction of sp³-hybridized carbons (Fsp3) is 0.200. The number of carbonyl (C=O) groups excluding carboxylic acids is 1. The molecule has 0 radical (unpaired) electrons. The largest absolute Gasteiger partial charge is 0.496 e. The molecule has 0 atom stereocenters. The van der Waals surface area contributed by atoms with Crippen LogP contribution >= 0.6 is 0 Å². The molecule has 5 rings (SSSR count). The van der Waals surface area contributed by atoms with Gasteiger partial charge in [0, 0.05) is 27.7 Å². The van der Waals surface area contributed by atoms with Crippen LogP contribution in [0.3, 0.4) is 0 Å². The Balaban J connectivity index is 1.41. The molecule has 0 aliphatic heterocycles. The summed E-state index contributed by atoms with van der Waals surface area (Å²) in [5, 5.41) is 7.48. The van der Waals surface area contributed by atoms with Gasteiger partial charge in [-0.2, -0.15) is 5.10 Å². The number of rotatable bonds is 4. The first kappa shape index (κ1) is 18.4. The molecule has 1 heterocycles. The number of hydrogen-bond donors (Lipinski definition) is 2. The summed E-state index contributed by atoms with van der Waals surface area (Å²) in [6, 6.07) is 17.7. The summed E-state index contributed by atoms with van der Waals surface area (Å²) >= 11 is 0. The lowest BCUT2D eigenvalue weighted by Gasteiger charge is -2.10. The van der Waals surface area contributed by atoms with E-state index in [1.165, 1.54) is 24.1 Å². The van der Waals surface area contributed by atoms with Gasteiger partial charge in [-0.3, -0.25) is 4.79 Å². The van der Waals surface area contributed by atoms with E-state index < -0.39 is 0 Å². The molecule has 0 spiro atoms. The van der Waals surface area contributed by atoms with Crippen molar-refractivity contribution in [1.82, 2.24) is 10.4 Å². The van der Waals surface area contributed by atoms with Crippen LogP contribution in [0.5, 0.6) is 5.75 Å². The van der Waals surface area contributed by atoms with Crippen molar-refractivity contribution in [2.24, 2.45) is 5.10 Å². The summed E-state index contributed by atoms with van der Waals surface area (Å²) in [5.41, 5.74) is 7.88. The Morgan fingerprint density at radius 1 is 1.07 bits per heavy atom. The third kappa shape index (κ3) is 3.22. The number of aryl methyl sites for hydroxylation is 2. The molecular weight excluding hydrogens is 374 g/mol. The lowest BCUT2D eigenvalue weighted by atomic mass is 9.95. The van der Waals surface area contributed by atoms with E-state index in [2.05, 4.69) is 15.5 Å². The minimum atomic E-state index is -0.224. The van der Waals surface area contributed by atoms with Gasteiger partial charge in [0.1, 0.15) is 5.75 Å². The smallest absolute Gasteiger partial charge is 0.271 e. The molecule has 1 aromatic heterocycles. The maximum atomic E-state index is 12.7. The molecule has 3 aromatic carbocycles. The van der Waals surface area contributed by atoms with Gasteiger partial charge in [0.15, 0.2) is 0 Å². The number of carbonyl (C=O) groups is 1. The van der Waals surface area contributed by atoms with Crippen molar-refractivity contribution in [3.05, 3.63) is 77.0 Å². The van der Waals surface area contributed by atoms with E-state index in [0.717, 1.165) is 40.1 Å². The summed E-state index contributed by atoms with van der Waals surface area (Å²) in [5.74, 6) is 0.491. The molecule has 0 saturated heterocycles. The monoisotopic (exact) mass is 397 g/mol. The molecular formula is C25H23N3O2. The molecule has 4 aromatic rings. The van der Waals surface area contributed by atoms with E-state index in [1.54, 1.807) is 13.3 Å². The van der Waals surface area contributed by atoms with Gasteiger partial charge in [-0.1, -0.05) is 30.3 Å². The molecule has 2 N–H and O–H groups in total. The van der Waals surface area contributed by atoms with Crippen LogP contribution in [0.25, 0.3) is 21.7 Å². The van der Waals surface area contributed by atoms with Gasteiger partial charge in [-0.05, 0) is 66.3 Å². The number of fused-ring (bicyclic) bond motifs is 4. The first-order valence-electron chi connectivity index (χ1n) is 10.3. The quantitative estimate of drug-likeness (QED) is 0.377. The topological polar surface area (TPSA) is 66.5 Å². The lowest BCUT2D eigenvalue weighted by molar-refractivity contribution is 0.0955. The molecule has 5 nitrogen and oxygen atoms in total. The van der Waals surface area contributed by atoms with Gasteiger partial charge in [0.05, 0.1) is 13.3 Å². The number of aromatic nitrogens is 1. The van der Waals surface area contributed by atoms with Crippen LogP contribution in [0.1, 0.15) is 40.0 Å². The third-order valence-electron chi connectivity index (χ3n) is 5.87. The summed E-state index contributed by atoms with van der Waals surface area (Å²) < 4.78 is 5.48. The zero-order valence-electron chi connectivity index (χ0n) is 16.9. The minimum absolute atomic E-state index is 0.224. The van der Waals surface area contributed by atoms with Crippen molar-refractivity contribution in [2.75, 3.05) is 7.11 Å². The van der Waals surface area contributed by atoms with Gasteiger partial charge in [0.25, 0.3) is 5.91 Å². The molecule has 30 heavy (non-hydrogen) atoms. The fourth-order valence-electron chi connectivity index (χ4n) is 4.35. The van der Waals surface area contributed by atoms with Crippen LogP contribution < -0.4 is 10.2 Å². The predicted octanol–water partition coefficient (Wildman–Crippen LogP) is 4.97. The Labute approximate surface area is 174 Å². The Hall–Kier alpha value is -3.60. The number of benzene rings is 3. The molecule has 0 bridgehead atoms. The lowest BCUT2D eigenvalue weighted by Crippen LogP contribution is -2.17. The maximum absolute atomic E-state index is 12.7. The van der Waals surface area contributed by atoms with Crippen molar-refractivity contribution in [3.63, 3.8) is 0 Å². The zero-order valence-corrected chi connectivity index (χ0v) is 16.9. The summed E-state index contributed by atoms with van der Waals surface area (Å²) in [6.45, 7) is 0. The van der Waals surface area contributed by atoms with Gasteiger partial charge in [-0.15, -0.1) is 0 Å². The molecule has 1 amide bonds. The highest BCUT2D eigenvalue weighted by Gasteiger charge is 2.16. The van der Waals surface area contributed by atoms with Crippen molar-refractivity contribution < 1.29 is 9.53 Å². The molecule has 5 heteroatoms. The van der Waals surface area contributed by atoms with Gasteiger partial charge in [-0.25, -0.2) is 5.43 Å². The molecule has 1 aliphatic carbocycles. The number of ether oxygens (including phenoxy) is 1. The first-order chi connectivity index (χ1) is 14.7. The normalized spacial score (nSPS) is 13.6.